The lowest BCUT2D eigenvalue weighted by Gasteiger charge is -2.13. The second kappa shape index (κ2) is 6.92. The Labute approximate surface area is 156 Å². The van der Waals surface area contributed by atoms with Gasteiger partial charge in [-0.1, -0.05) is 11.6 Å². The molecule has 138 valence electrons. The smallest absolute Gasteiger partial charge is 0.262 e. The van der Waals surface area contributed by atoms with Crippen LogP contribution in [0, 0.1) is 5.92 Å². The maximum Gasteiger partial charge on any atom is 0.262 e. The highest BCUT2D eigenvalue weighted by molar-refractivity contribution is 7.92. The van der Waals surface area contributed by atoms with E-state index in [9.17, 15) is 8.42 Å². The van der Waals surface area contributed by atoms with Crippen molar-refractivity contribution in [3.05, 3.63) is 35.4 Å². The van der Waals surface area contributed by atoms with Crippen LogP contribution in [0.3, 0.4) is 0 Å². The summed E-state index contributed by atoms with van der Waals surface area (Å²) >= 11 is 6.18. The molecule has 2 aromatic rings. The minimum atomic E-state index is -3.85. The van der Waals surface area contributed by atoms with Crippen molar-refractivity contribution in [2.75, 3.05) is 17.9 Å². The van der Waals surface area contributed by atoms with Crippen LogP contribution < -0.4 is 14.2 Å². The summed E-state index contributed by atoms with van der Waals surface area (Å²) in [5, 5.41) is 0.195. The first-order valence-corrected chi connectivity index (χ1v) is 10.3. The summed E-state index contributed by atoms with van der Waals surface area (Å²) in [4.78, 5) is 8.45. The summed E-state index contributed by atoms with van der Waals surface area (Å²) in [5.41, 5.74) is 0.299. The van der Waals surface area contributed by atoms with Crippen LogP contribution in [-0.2, 0) is 16.4 Å². The van der Waals surface area contributed by atoms with E-state index in [0.29, 0.717) is 42.7 Å². The topological polar surface area (TPSA) is 90.4 Å². The van der Waals surface area contributed by atoms with Crippen LogP contribution in [0.2, 0.25) is 5.02 Å². The van der Waals surface area contributed by atoms with Crippen molar-refractivity contribution in [3.63, 3.8) is 0 Å². The van der Waals surface area contributed by atoms with Crippen molar-refractivity contribution in [3.8, 4) is 11.5 Å². The SMILES string of the molecule is O=S(=O)(Nc1cnc(CC2CC2)nc1)c1cc(Cl)c2c(c1)OCCCO2. The highest BCUT2D eigenvalue weighted by Crippen LogP contribution is 2.39. The van der Waals surface area contributed by atoms with E-state index in [1.165, 1.54) is 37.4 Å². The van der Waals surface area contributed by atoms with Crippen LogP contribution in [0.5, 0.6) is 11.5 Å². The van der Waals surface area contributed by atoms with Gasteiger partial charge in [0.1, 0.15) is 5.82 Å². The van der Waals surface area contributed by atoms with Gasteiger partial charge in [0.25, 0.3) is 10.0 Å². The van der Waals surface area contributed by atoms with Crippen molar-refractivity contribution in [2.45, 2.75) is 30.6 Å². The van der Waals surface area contributed by atoms with E-state index in [2.05, 4.69) is 14.7 Å². The fourth-order valence-corrected chi connectivity index (χ4v) is 4.07. The van der Waals surface area contributed by atoms with E-state index in [0.717, 1.165) is 12.2 Å². The molecule has 1 saturated carbocycles. The van der Waals surface area contributed by atoms with Crippen molar-refractivity contribution in [1.29, 1.82) is 0 Å². The van der Waals surface area contributed by atoms with Gasteiger partial charge < -0.3 is 9.47 Å². The van der Waals surface area contributed by atoms with Crippen LogP contribution in [0.15, 0.2) is 29.4 Å². The average Bonchev–Trinajstić information content (AvgIpc) is 3.43. The zero-order valence-corrected chi connectivity index (χ0v) is 15.5. The van der Waals surface area contributed by atoms with Crippen LogP contribution in [0.4, 0.5) is 5.69 Å². The van der Waals surface area contributed by atoms with Crippen molar-refractivity contribution >= 4 is 27.3 Å². The molecule has 0 atom stereocenters. The highest BCUT2D eigenvalue weighted by Gasteiger charge is 2.24. The molecule has 9 heteroatoms. The van der Waals surface area contributed by atoms with Gasteiger partial charge >= 0.3 is 0 Å². The maximum absolute atomic E-state index is 12.7. The van der Waals surface area contributed by atoms with Gasteiger partial charge in [0, 0.05) is 18.9 Å². The lowest BCUT2D eigenvalue weighted by Crippen LogP contribution is -2.14. The van der Waals surface area contributed by atoms with Crippen LogP contribution >= 0.6 is 11.6 Å². The minimum absolute atomic E-state index is 0.00573. The molecule has 0 amide bonds. The number of anilines is 1. The summed E-state index contributed by atoms with van der Waals surface area (Å²) in [7, 11) is -3.85. The Morgan fingerprint density at radius 1 is 1.15 bits per heavy atom. The summed E-state index contributed by atoms with van der Waals surface area (Å²) in [6, 6.07) is 2.76. The van der Waals surface area contributed by atoms with E-state index in [4.69, 9.17) is 21.1 Å². The first-order valence-electron chi connectivity index (χ1n) is 8.44. The molecule has 1 aromatic carbocycles. The number of nitrogens with zero attached hydrogens (tertiary/aromatic N) is 2. The molecule has 0 unspecified atom stereocenters. The van der Waals surface area contributed by atoms with E-state index in [-0.39, 0.29) is 9.92 Å². The molecular formula is C17H18ClN3O4S. The molecular weight excluding hydrogens is 378 g/mol. The number of rotatable bonds is 5. The van der Waals surface area contributed by atoms with Crippen LogP contribution in [0.1, 0.15) is 25.1 Å². The lowest BCUT2D eigenvalue weighted by atomic mass is 10.3. The average molecular weight is 396 g/mol. The molecule has 1 aliphatic heterocycles. The number of benzene rings is 1. The molecule has 0 spiro atoms. The second-order valence-corrected chi connectivity index (χ2v) is 8.51. The minimum Gasteiger partial charge on any atom is -0.489 e. The third kappa shape index (κ3) is 3.86. The molecule has 2 aliphatic rings. The first kappa shape index (κ1) is 17.4. The predicted molar refractivity (Wildman–Crippen MR) is 96.3 cm³/mol. The van der Waals surface area contributed by atoms with E-state index in [1.54, 1.807) is 0 Å². The van der Waals surface area contributed by atoms with Crippen LogP contribution in [0.25, 0.3) is 0 Å². The third-order valence-electron chi connectivity index (χ3n) is 4.21. The number of aromatic nitrogens is 2. The zero-order chi connectivity index (χ0) is 18.1. The van der Waals surface area contributed by atoms with E-state index in [1.807, 2.05) is 0 Å². The molecule has 1 N–H and O–H groups in total. The molecule has 1 aliphatic carbocycles. The fraction of sp³-hybridized carbons (Fsp3) is 0.412. The highest BCUT2D eigenvalue weighted by atomic mass is 35.5. The maximum atomic E-state index is 12.7. The molecule has 0 bridgehead atoms. The zero-order valence-electron chi connectivity index (χ0n) is 13.9. The van der Waals surface area contributed by atoms with Gasteiger partial charge in [0.05, 0.1) is 41.2 Å². The van der Waals surface area contributed by atoms with Gasteiger partial charge in [-0.3, -0.25) is 4.72 Å². The van der Waals surface area contributed by atoms with Crippen molar-refractivity contribution in [2.24, 2.45) is 5.92 Å². The Bertz CT molecular complexity index is 914. The number of nitrogens with one attached hydrogen (secondary N) is 1. The lowest BCUT2D eigenvalue weighted by molar-refractivity contribution is 0.297. The normalized spacial score (nSPS) is 16.8. The molecule has 0 saturated heterocycles. The van der Waals surface area contributed by atoms with Crippen LogP contribution in [-0.4, -0.2) is 31.6 Å². The summed E-state index contributed by atoms with van der Waals surface area (Å²) in [5.74, 6) is 2.10. The van der Waals surface area contributed by atoms with Gasteiger partial charge in [0.15, 0.2) is 11.5 Å². The predicted octanol–water partition coefficient (Wildman–Crippen LogP) is 3.04. The summed E-state index contributed by atoms with van der Waals surface area (Å²) in [6.07, 6.45) is 6.92. The summed E-state index contributed by atoms with van der Waals surface area (Å²) < 4.78 is 38.9. The standard InChI is InChI=1S/C17H18ClN3O4S/c18-14-7-13(8-15-17(14)25-5-1-4-24-15)26(22,23)21-12-9-19-16(20-10-12)6-11-2-3-11/h7-11,21H,1-6H2. The van der Waals surface area contributed by atoms with Gasteiger partial charge in [0.2, 0.25) is 0 Å². The van der Waals surface area contributed by atoms with E-state index < -0.39 is 10.0 Å². The Morgan fingerprint density at radius 2 is 1.88 bits per heavy atom. The van der Waals surface area contributed by atoms with Gasteiger partial charge in [-0.2, -0.15) is 0 Å². The fourth-order valence-electron chi connectivity index (χ4n) is 2.67. The Morgan fingerprint density at radius 3 is 2.62 bits per heavy atom. The second-order valence-electron chi connectivity index (χ2n) is 6.42. The molecule has 0 radical (unpaired) electrons. The molecule has 1 fully saturated rings. The van der Waals surface area contributed by atoms with E-state index >= 15 is 0 Å². The number of sulfonamides is 1. The monoisotopic (exact) mass is 395 g/mol. The van der Waals surface area contributed by atoms with Gasteiger partial charge in [-0.05, 0) is 24.8 Å². The van der Waals surface area contributed by atoms with Crippen molar-refractivity contribution in [1.82, 2.24) is 9.97 Å². The molecule has 26 heavy (non-hydrogen) atoms. The third-order valence-corrected chi connectivity index (χ3v) is 5.85. The summed E-state index contributed by atoms with van der Waals surface area (Å²) in [6.45, 7) is 0.915. The Kier molecular flexibility index (Phi) is 4.62. The number of fused-ring (bicyclic) bond motifs is 1. The molecule has 7 nitrogen and oxygen atoms in total. The van der Waals surface area contributed by atoms with Gasteiger partial charge in [-0.15, -0.1) is 0 Å². The largest absolute Gasteiger partial charge is 0.489 e. The Balaban J connectivity index is 1.56. The molecule has 1 aromatic heterocycles. The van der Waals surface area contributed by atoms with Gasteiger partial charge in [-0.25, -0.2) is 18.4 Å². The number of hydrogen-bond donors (Lipinski definition) is 1. The number of ether oxygens (including phenoxy) is 2. The molecule has 4 rings (SSSR count). The first-order chi connectivity index (χ1) is 12.5. The Hall–Kier alpha value is -2.06. The number of hydrogen-bond acceptors (Lipinski definition) is 6. The van der Waals surface area contributed by atoms with Crippen molar-refractivity contribution < 1.29 is 17.9 Å². The quantitative estimate of drug-likeness (QED) is 0.836. The molecule has 2 heterocycles. The number of halogens is 1.